The standard InChI is InChI=1S/C20H18N6O2S/c27-17(21-9-6-13-11-24-16-5-2-1-4-15(13)16)10-14-12-29-20(25-14)26-19(28)18-22-7-3-8-23-18/h1-5,7-8,11-12,24H,6,9-10H2,(H,21,27)(H,25,26,28). The molecule has 8 nitrogen and oxygen atoms in total. The van der Waals surface area contributed by atoms with E-state index in [1.54, 1.807) is 11.4 Å². The second-order valence-corrected chi connectivity index (χ2v) is 7.16. The van der Waals surface area contributed by atoms with Crippen molar-refractivity contribution in [2.75, 3.05) is 11.9 Å². The van der Waals surface area contributed by atoms with Gasteiger partial charge in [0.15, 0.2) is 5.13 Å². The second-order valence-electron chi connectivity index (χ2n) is 6.31. The molecule has 0 bridgehead atoms. The Hall–Kier alpha value is -3.59. The minimum absolute atomic E-state index is 0.0688. The summed E-state index contributed by atoms with van der Waals surface area (Å²) in [4.78, 5) is 39.5. The number of carbonyl (C=O) groups excluding carboxylic acids is 2. The Bertz CT molecular complexity index is 1140. The summed E-state index contributed by atoms with van der Waals surface area (Å²) in [5.41, 5.74) is 2.86. The number of amides is 2. The molecular formula is C20H18N6O2S. The van der Waals surface area contributed by atoms with Crippen LogP contribution < -0.4 is 10.6 Å². The first kappa shape index (κ1) is 18.8. The topological polar surface area (TPSA) is 113 Å². The monoisotopic (exact) mass is 406 g/mol. The highest BCUT2D eigenvalue weighted by atomic mass is 32.1. The van der Waals surface area contributed by atoms with Crippen LogP contribution in [0.25, 0.3) is 10.9 Å². The van der Waals surface area contributed by atoms with Crippen molar-refractivity contribution in [1.29, 1.82) is 0 Å². The van der Waals surface area contributed by atoms with E-state index in [0.29, 0.717) is 17.4 Å². The lowest BCUT2D eigenvalue weighted by molar-refractivity contribution is -0.120. The average Bonchev–Trinajstić information content (AvgIpc) is 3.35. The molecule has 146 valence electrons. The van der Waals surface area contributed by atoms with Gasteiger partial charge in [-0.1, -0.05) is 18.2 Å². The number of benzene rings is 1. The van der Waals surface area contributed by atoms with Crippen molar-refractivity contribution in [2.24, 2.45) is 0 Å². The van der Waals surface area contributed by atoms with Gasteiger partial charge in [-0.3, -0.25) is 14.9 Å². The van der Waals surface area contributed by atoms with Crippen LogP contribution in [0.1, 0.15) is 21.9 Å². The number of para-hydroxylation sites is 1. The first-order valence-corrected chi connectivity index (χ1v) is 9.91. The van der Waals surface area contributed by atoms with Crippen molar-refractivity contribution in [3.8, 4) is 0 Å². The normalized spacial score (nSPS) is 10.8. The second kappa shape index (κ2) is 8.61. The van der Waals surface area contributed by atoms with Gasteiger partial charge in [-0.25, -0.2) is 15.0 Å². The number of anilines is 1. The Morgan fingerprint density at radius 3 is 2.79 bits per heavy atom. The molecule has 4 rings (SSSR count). The van der Waals surface area contributed by atoms with Gasteiger partial charge in [-0.05, 0) is 24.1 Å². The maximum absolute atomic E-state index is 12.2. The zero-order valence-corrected chi connectivity index (χ0v) is 16.2. The van der Waals surface area contributed by atoms with Crippen molar-refractivity contribution in [2.45, 2.75) is 12.8 Å². The number of carbonyl (C=O) groups is 2. The number of hydrogen-bond donors (Lipinski definition) is 3. The lowest BCUT2D eigenvalue weighted by Crippen LogP contribution is -2.27. The van der Waals surface area contributed by atoms with Gasteiger partial charge in [-0.2, -0.15) is 0 Å². The number of rotatable bonds is 7. The number of H-pyrrole nitrogens is 1. The van der Waals surface area contributed by atoms with Crippen molar-refractivity contribution in [1.82, 2.24) is 25.3 Å². The third kappa shape index (κ3) is 4.64. The summed E-state index contributed by atoms with van der Waals surface area (Å²) in [5, 5.41) is 8.88. The number of fused-ring (bicyclic) bond motifs is 1. The first-order valence-electron chi connectivity index (χ1n) is 9.03. The van der Waals surface area contributed by atoms with Crippen LogP contribution in [0.3, 0.4) is 0 Å². The van der Waals surface area contributed by atoms with Crippen molar-refractivity contribution < 1.29 is 9.59 Å². The SMILES string of the molecule is O=C(Cc1csc(NC(=O)c2ncccn2)n1)NCCc1c[nH]c2ccccc12. The molecule has 9 heteroatoms. The van der Waals surface area contributed by atoms with Gasteiger partial charge in [0.05, 0.1) is 12.1 Å². The fourth-order valence-electron chi connectivity index (χ4n) is 2.92. The number of nitrogens with one attached hydrogen (secondary N) is 3. The van der Waals surface area contributed by atoms with Gasteiger partial charge in [0.25, 0.3) is 5.91 Å². The van der Waals surface area contributed by atoms with E-state index in [0.717, 1.165) is 11.9 Å². The summed E-state index contributed by atoms with van der Waals surface area (Å²) in [7, 11) is 0. The minimum atomic E-state index is -0.435. The van der Waals surface area contributed by atoms with Crippen LogP contribution in [0.2, 0.25) is 0 Å². The summed E-state index contributed by atoms with van der Waals surface area (Å²) in [5.74, 6) is -0.478. The van der Waals surface area contributed by atoms with E-state index in [4.69, 9.17) is 0 Å². The molecule has 2 amide bonds. The highest BCUT2D eigenvalue weighted by Crippen LogP contribution is 2.18. The van der Waals surface area contributed by atoms with Crippen LogP contribution in [0.4, 0.5) is 5.13 Å². The smallest absolute Gasteiger partial charge is 0.295 e. The molecule has 0 aliphatic heterocycles. The maximum Gasteiger partial charge on any atom is 0.295 e. The molecule has 0 saturated heterocycles. The quantitative estimate of drug-likeness (QED) is 0.437. The van der Waals surface area contributed by atoms with E-state index in [-0.39, 0.29) is 18.2 Å². The van der Waals surface area contributed by atoms with Crippen LogP contribution in [-0.2, 0) is 17.6 Å². The van der Waals surface area contributed by atoms with Gasteiger partial charge in [0.2, 0.25) is 11.7 Å². The third-order valence-corrected chi connectivity index (χ3v) is 5.08. The summed E-state index contributed by atoms with van der Waals surface area (Å²) < 4.78 is 0. The molecule has 0 aliphatic carbocycles. The average molecular weight is 406 g/mol. The Labute approximate surface area is 170 Å². The van der Waals surface area contributed by atoms with Gasteiger partial charge in [0.1, 0.15) is 0 Å². The van der Waals surface area contributed by atoms with Gasteiger partial charge in [-0.15, -0.1) is 11.3 Å². The van der Waals surface area contributed by atoms with Crippen molar-refractivity contribution in [3.05, 3.63) is 71.4 Å². The zero-order chi connectivity index (χ0) is 20.1. The summed E-state index contributed by atoms with van der Waals surface area (Å²) in [6.07, 6.45) is 5.86. The van der Waals surface area contributed by atoms with Crippen LogP contribution in [0.5, 0.6) is 0 Å². The van der Waals surface area contributed by atoms with Crippen LogP contribution in [0.15, 0.2) is 54.3 Å². The minimum Gasteiger partial charge on any atom is -0.361 e. The van der Waals surface area contributed by atoms with E-state index in [1.807, 2.05) is 24.4 Å². The van der Waals surface area contributed by atoms with Gasteiger partial charge < -0.3 is 10.3 Å². The predicted octanol–water partition coefficient (Wildman–Crippen LogP) is 2.57. The number of hydrogen-bond acceptors (Lipinski definition) is 6. The molecule has 0 aliphatic rings. The highest BCUT2D eigenvalue weighted by molar-refractivity contribution is 7.14. The summed E-state index contributed by atoms with van der Waals surface area (Å²) in [6, 6.07) is 9.71. The van der Waals surface area contributed by atoms with Gasteiger partial charge >= 0.3 is 0 Å². The molecule has 3 N–H and O–H groups in total. The van der Waals surface area contributed by atoms with E-state index >= 15 is 0 Å². The molecule has 0 fully saturated rings. The molecule has 3 heterocycles. The molecule has 0 unspecified atom stereocenters. The van der Waals surface area contributed by atoms with Gasteiger partial charge in [0, 0.05) is 41.4 Å². The summed E-state index contributed by atoms with van der Waals surface area (Å²) in [6.45, 7) is 0.541. The molecule has 0 spiro atoms. The lowest BCUT2D eigenvalue weighted by atomic mass is 10.1. The fraction of sp³-hybridized carbons (Fsp3) is 0.150. The van der Waals surface area contributed by atoms with Crippen molar-refractivity contribution >= 4 is 39.2 Å². The molecule has 3 aromatic heterocycles. The first-order chi connectivity index (χ1) is 14.2. The van der Waals surface area contributed by atoms with E-state index in [1.165, 1.54) is 34.7 Å². The number of nitrogens with zero attached hydrogens (tertiary/aromatic N) is 3. The summed E-state index contributed by atoms with van der Waals surface area (Å²) >= 11 is 1.26. The maximum atomic E-state index is 12.2. The Morgan fingerprint density at radius 1 is 1.10 bits per heavy atom. The molecule has 0 saturated carbocycles. The molecule has 29 heavy (non-hydrogen) atoms. The van der Waals surface area contributed by atoms with E-state index < -0.39 is 5.91 Å². The molecular weight excluding hydrogens is 388 g/mol. The fourth-order valence-corrected chi connectivity index (χ4v) is 3.62. The van der Waals surface area contributed by atoms with Crippen LogP contribution in [0, 0.1) is 0 Å². The Morgan fingerprint density at radius 2 is 1.93 bits per heavy atom. The largest absolute Gasteiger partial charge is 0.361 e. The number of thiazole rings is 1. The Balaban J connectivity index is 1.26. The Kier molecular flexibility index (Phi) is 5.57. The van der Waals surface area contributed by atoms with E-state index in [9.17, 15) is 9.59 Å². The van der Waals surface area contributed by atoms with Crippen LogP contribution >= 0.6 is 11.3 Å². The van der Waals surface area contributed by atoms with Crippen molar-refractivity contribution in [3.63, 3.8) is 0 Å². The molecule has 4 aromatic rings. The van der Waals surface area contributed by atoms with E-state index in [2.05, 4.69) is 36.6 Å². The predicted molar refractivity (Wildman–Crippen MR) is 111 cm³/mol. The van der Waals surface area contributed by atoms with Crippen LogP contribution in [-0.4, -0.2) is 38.3 Å². The highest BCUT2D eigenvalue weighted by Gasteiger charge is 2.13. The molecule has 0 radical (unpaired) electrons. The number of aromatic nitrogens is 4. The molecule has 1 aromatic carbocycles. The third-order valence-electron chi connectivity index (χ3n) is 4.27. The zero-order valence-electron chi connectivity index (χ0n) is 15.4. The lowest BCUT2D eigenvalue weighted by Gasteiger charge is -2.04. The number of aromatic amines is 1. The molecule has 0 atom stereocenters.